The smallest absolute Gasteiger partial charge is 0.259 e. The van der Waals surface area contributed by atoms with Crippen LogP contribution in [0.15, 0.2) is 54.9 Å². The Morgan fingerprint density at radius 1 is 1.10 bits per heavy atom. The van der Waals surface area contributed by atoms with E-state index in [1.54, 1.807) is 12.1 Å². The number of hydrogen-bond acceptors (Lipinski definition) is 3. The summed E-state index contributed by atoms with van der Waals surface area (Å²) >= 11 is 6.11. The van der Waals surface area contributed by atoms with Crippen LogP contribution in [-0.2, 0) is 0 Å². The lowest BCUT2D eigenvalue weighted by Crippen LogP contribution is -2.13. The van der Waals surface area contributed by atoms with Crippen LogP contribution >= 0.6 is 11.6 Å². The van der Waals surface area contributed by atoms with Crippen LogP contribution in [0.25, 0.3) is 11.1 Å². The van der Waals surface area contributed by atoms with Gasteiger partial charge in [-0.1, -0.05) is 48.0 Å². The molecule has 0 atom stereocenters. The molecule has 1 amide bonds. The second-order valence-corrected chi connectivity index (χ2v) is 4.76. The summed E-state index contributed by atoms with van der Waals surface area (Å²) in [7, 11) is 0. The maximum atomic E-state index is 12.2. The summed E-state index contributed by atoms with van der Waals surface area (Å²) in [4.78, 5) is 16.1. The largest absolute Gasteiger partial charge is 0.291 e. The summed E-state index contributed by atoms with van der Waals surface area (Å²) in [5.74, 6) is -0.0595. The Morgan fingerprint density at radius 3 is 2.62 bits per heavy atom. The number of nitrogens with one attached hydrogen (secondary N) is 2. The molecule has 0 saturated heterocycles. The molecule has 0 aliphatic heterocycles. The van der Waals surface area contributed by atoms with Crippen LogP contribution in [0.2, 0.25) is 5.02 Å². The van der Waals surface area contributed by atoms with Gasteiger partial charge < -0.3 is 0 Å². The van der Waals surface area contributed by atoms with Gasteiger partial charge in [0.1, 0.15) is 6.33 Å². The molecule has 0 saturated carbocycles. The number of carbonyl (C=O) groups excluding carboxylic acids is 1. The Bertz CT molecular complexity index is 757. The lowest BCUT2D eigenvalue weighted by Gasteiger charge is -2.07. The number of aromatic nitrogens is 3. The highest BCUT2D eigenvalue weighted by molar-refractivity contribution is 6.34. The number of halogens is 1. The van der Waals surface area contributed by atoms with Crippen molar-refractivity contribution in [3.05, 3.63) is 65.4 Å². The van der Waals surface area contributed by atoms with Gasteiger partial charge in [0, 0.05) is 0 Å². The van der Waals surface area contributed by atoms with Crippen molar-refractivity contribution >= 4 is 23.5 Å². The number of rotatable bonds is 3. The molecule has 2 N–H and O–H groups in total. The SMILES string of the molecule is O=C(Nc1ncn[nH]1)c1cc(-c2ccccc2)ccc1Cl. The number of H-pyrrole nitrogens is 1. The van der Waals surface area contributed by atoms with E-state index in [1.807, 2.05) is 36.4 Å². The van der Waals surface area contributed by atoms with E-state index in [1.165, 1.54) is 6.33 Å². The summed E-state index contributed by atoms with van der Waals surface area (Å²) in [6, 6.07) is 15.1. The maximum Gasteiger partial charge on any atom is 0.259 e. The van der Waals surface area contributed by atoms with Gasteiger partial charge in [-0.05, 0) is 23.3 Å². The molecule has 0 bridgehead atoms. The zero-order valence-corrected chi connectivity index (χ0v) is 11.6. The number of hydrogen-bond donors (Lipinski definition) is 2. The molecule has 0 aliphatic rings. The first-order valence-corrected chi connectivity index (χ1v) is 6.63. The zero-order valence-electron chi connectivity index (χ0n) is 10.9. The molecule has 0 aliphatic carbocycles. The van der Waals surface area contributed by atoms with Crippen molar-refractivity contribution in [2.24, 2.45) is 0 Å². The van der Waals surface area contributed by atoms with Crippen LogP contribution in [0.1, 0.15) is 10.4 Å². The predicted molar refractivity (Wildman–Crippen MR) is 81.2 cm³/mol. The topological polar surface area (TPSA) is 70.7 Å². The molecule has 0 radical (unpaired) electrons. The number of aromatic amines is 1. The number of benzene rings is 2. The van der Waals surface area contributed by atoms with Gasteiger partial charge in [0.25, 0.3) is 5.91 Å². The Kier molecular flexibility index (Phi) is 3.66. The Labute approximate surface area is 126 Å². The average molecular weight is 299 g/mol. The Morgan fingerprint density at radius 2 is 1.90 bits per heavy atom. The Balaban J connectivity index is 1.93. The molecule has 3 rings (SSSR count). The molecule has 21 heavy (non-hydrogen) atoms. The van der Waals surface area contributed by atoms with Crippen molar-refractivity contribution in [3.63, 3.8) is 0 Å². The molecule has 2 aromatic carbocycles. The second kappa shape index (κ2) is 5.76. The van der Waals surface area contributed by atoms with Crippen LogP contribution < -0.4 is 5.32 Å². The quantitative estimate of drug-likeness (QED) is 0.778. The summed E-state index contributed by atoms with van der Waals surface area (Å²) in [5.41, 5.74) is 2.32. The standard InChI is InChI=1S/C15H11ClN4O/c16-13-7-6-11(10-4-2-1-3-5-10)8-12(13)14(21)19-15-17-9-18-20-15/h1-9H,(H2,17,18,19,20,21). The molecule has 1 aromatic heterocycles. The Hall–Kier alpha value is -2.66. The van der Waals surface area contributed by atoms with E-state index in [9.17, 15) is 4.79 Å². The molecule has 1 heterocycles. The number of carbonyl (C=O) groups is 1. The minimum absolute atomic E-state index is 0.279. The molecule has 0 unspecified atom stereocenters. The van der Waals surface area contributed by atoms with Gasteiger partial charge in [0.2, 0.25) is 5.95 Å². The molecule has 6 heteroatoms. The van der Waals surface area contributed by atoms with Crippen molar-refractivity contribution in [2.45, 2.75) is 0 Å². The van der Waals surface area contributed by atoms with Crippen LogP contribution in [0.4, 0.5) is 5.95 Å². The third kappa shape index (κ3) is 2.93. The van der Waals surface area contributed by atoms with E-state index in [-0.39, 0.29) is 11.9 Å². The van der Waals surface area contributed by atoms with Gasteiger partial charge >= 0.3 is 0 Å². The van der Waals surface area contributed by atoms with Gasteiger partial charge in [-0.25, -0.2) is 5.10 Å². The van der Waals surface area contributed by atoms with Gasteiger partial charge in [0.05, 0.1) is 10.6 Å². The first kappa shape index (κ1) is 13.3. The second-order valence-electron chi connectivity index (χ2n) is 4.35. The van der Waals surface area contributed by atoms with Gasteiger partial charge in [0.15, 0.2) is 0 Å². The zero-order chi connectivity index (χ0) is 14.7. The van der Waals surface area contributed by atoms with E-state index in [0.717, 1.165) is 11.1 Å². The summed E-state index contributed by atoms with van der Waals surface area (Å²) in [6.07, 6.45) is 1.32. The predicted octanol–water partition coefficient (Wildman–Crippen LogP) is 3.38. The fourth-order valence-electron chi connectivity index (χ4n) is 1.95. The number of amides is 1. The minimum Gasteiger partial charge on any atom is -0.291 e. The van der Waals surface area contributed by atoms with Crippen molar-refractivity contribution in [1.82, 2.24) is 15.2 Å². The first-order chi connectivity index (χ1) is 10.2. The number of nitrogens with zero attached hydrogens (tertiary/aromatic N) is 2. The van der Waals surface area contributed by atoms with Crippen molar-refractivity contribution < 1.29 is 4.79 Å². The first-order valence-electron chi connectivity index (χ1n) is 6.26. The molecule has 3 aromatic rings. The fraction of sp³-hybridized carbons (Fsp3) is 0. The van der Waals surface area contributed by atoms with E-state index in [4.69, 9.17) is 11.6 Å². The van der Waals surface area contributed by atoms with Gasteiger partial charge in [-0.15, -0.1) is 0 Å². The number of anilines is 1. The van der Waals surface area contributed by atoms with Crippen molar-refractivity contribution in [3.8, 4) is 11.1 Å². The van der Waals surface area contributed by atoms with Crippen molar-refractivity contribution in [1.29, 1.82) is 0 Å². The summed E-state index contributed by atoms with van der Waals surface area (Å²) in [6.45, 7) is 0. The molecule has 0 spiro atoms. The molecule has 104 valence electrons. The lowest BCUT2D eigenvalue weighted by molar-refractivity contribution is 0.102. The molecule has 5 nitrogen and oxygen atoms in total. The maximum absolute atomic E-state index is 12.2. The van der Waals surface area contributed by atoms with Gasteiger partial charge in [-0.2, -0.15) is 10.1 Å². The summed E-state index contributed by atoms with van der Waals surface area (Å²) < 4.78 is 0. The molecule has 0 fully saturated rings. The lowest BCUT2D eigenvalue weighted by atomic mass is 10.0. The van der Waals surface area contributed by atoms with Gasteiger partial charge in [-0.3, -0.25) is 10.1 Å². The van der Waals surface area contributed by atoms with E-state index in [0.29, 0.717) is 10.6 Å². The van der Waals surface area contributed by atoms with Crippen LogP contribution in [-0.4, -0.2) is 21.1 Å². The monoisotopic (exact) mass is 298 g/mol. The third-order valence-corrected chi connectivity index (χ3v) is 3.29. The van der Waals surface area contributed by atoms with Crippen LogP contribution in [0, 0.1) is 0 Å². The molecular formula is C15H11ClN4O. The van der Waals surface area contributed by atoms with Crippen LogP contribution in [0.3, 0.4) is 0 Å². The van der Waals surface area contributed by atoms with E-state index >= 15 is 0 Å². The average Bonchev–Trinajstić information content (AvgIpc) is 3.01. The highest BCUT2D eigenvalue weighted by Gasteiger charge is 2.13. The van der Waals surface area contributed by atoms with E-state index < -0.39 is 0 Å². The summed E-state index contributed by atoms with van der Waals surface area (Å²) in [5, 5.41) is 9.23. The van der Waals surface area contributed by atoms with Crippen LogP contribution in [0.5, 0.6) is 0 Å². The van der Waals surface area contributed by atoms with Crippen molar-refractivity contribution in [2.75, 3.05) is 5.32 Å². The normalized spacial score (nSPS) is 10.3. The molecular weight excluding hydrogens is 288 g/mol. The minimum atomic E-state index is -0.338. The van der Waals surface area contributed by atoms with E-state index in [2.05, 4.69) is 20.5 Å². The third-order valence-electron chi connectivity index (χ3n) is 2.97. The highest BCUT2D eigenvalue weighted by atomic mass is 35.5. The fourth-order valence-corrected chi connectivity index (χ4v) is 2.15. The highest BCUT2D eigenvalue weighted by Crippen LogP contribution is 2.25.